The van der Waals surface area contributed by atoms with Gasteiger partial charge in [0.2, 0.25) is 5.91 Å². The van der Waals surface area contributed by atoms with Crippen LogP contribution in [0.25, 0.3) is 16.8 Å². The highest BCUT2D eigenvalue weighted by Crippen LogP contribution is 2.22. The Morgan fingerprint density at radius 2 is 1.90 bits per heavy atom. The van der Waals surface area contributed by atoms with Gasteiger partial charge in [0.15, 0.2) is 5.82 Å². The first-order chi connectivity index (χ1) is 14.0. The molecule has 8 nitrogen and oxygen atoms in total. The zero-order valence-corrected chi connectivity index (χ0v) is 15.3. The monoisotopic (exact) mass is 393 g/mol. The Bertz CT molecular complexity index is 1230. The number of benzene rings is 2. The zero-order valence-electron chi connectivity index (χ0n) is 15.3. The lowest BCUT2D eigenvalue weighted by atomic mass is 10.1. The average molecular weight is 393 g/mol. The van der Waals surface area contributed by atoms with Gasteiger partial charge in [-0.2, -0.15) is 10.2 Å². The van der Waals surface area contributed by atoms with E-state index in [0.29, 0.717) is 17.1 Å². The number of H-pyrrole nitrogens is 1. The number of hydrogen-bond donors (Lipinski definition) is 2. The normalized spacial score (nSPS) is 10.8. The van der Waals surface area contributed by atoms with E-state index >= 15 is 0 Å². The van der Waals surface area contributed by atoms with Crippen molar-refractivity contribution in [2.24, 2.45) is 0 Å². The number of methoxy groups -OCH3 is 1. The molecule has 29 heavy (non-hydrogen) atoms. The summed E-state index contributed by atoms with van der Waals surface area (Å²) in [5.74, 6) is 0.197. The lowest BCUT2D eigenvalue weighted by Gasteiger charge is -2.06. The molecule has 0 unspecified atom stereocenters. The van der Waals surface area contributed by atoms with Crippen LogP contribution in [0.2, 0.25) is 0 Å². The molecule has 0 fully saturated rings. The fourth-order valence-electron chi connectivity index (χ4n) is 2.86. The molecule has 0 aliphatic rings. The number of hydrogen-bond acceptors (Lipinski definition) is 5. The van der Waals surface area contributed by atoms with Crippen LogP contribution in [0, 0.1) is 5.82 Å². The summed E-state index contributed by atoms with van der Waals surface area (Å²) in [5.41, 5.74) is 1.66. The van der Waals surface area contributed by atoms with E-state index in [9.17, 15) is 14.0 Å². The molecule has 2 heterocycles. The second-order valence-electron chi connectivity index (χ2n) is 6.26. The maximum atomic E-state index is 13.0. The van der Waals surface area contributed by atoms with Gasteiger partial charge in [-0.1, -0.05) is 0 Å². The number of halogens is 1. The fraction of sp³-hybridized carbons (Fsp3) is 0.100. The molecule has 0 spiro atoms. The molecule has 2 N–H and O–H groups in total. The highest BCUT2D eigenvalue weighted by Gasteiger charge is 2.15. The molecule has 0 aliphatic heterocycles. The van der Waals surface area contributed by atoms with Crippen molar-refractivity contribution in [1.29, 1.82) is 0 Å². The van der Waals surface area contributed by atoms with E-state index in [0.717, 1.165) is 5.56 Å². The summed E-state index contributed by atoms with van der Waals surface area (Å²) < 4.78 is 19.5. The lowest BCUT2D eigenvalue weighted by Crippen LogP contribution is -2.22. The van der Waals surface area contributed by atoms with Gasteiger partial charge in [0.25, 0.3) is 5.56 Å². The number of aromatic nitrogens is 4. The van der Waals surface area contributed by atoms with Crippen LogP contribution in [-0.2, 0) is 11.2 Å². The Kier molecular flexibility index (Phi) is 4.78. The Hall–Kier alpha value is -4.01. The van der Waals surface area contributed by atoms with Crippen LogP contribution in [0.15, 0.2) is 59.4 Å². The maximum Gasteiger partial charge on any atom is 0.290 e. The molecular weight excluding hydrogens is 377 g/mol. The van der Waals surface area contributed by atoms with Crippen molar-refractivity contribution >= 4 is 17.1 Å². The van der Waals surface area contributed by atoms with Crippen LogP contribution in [0.5, 0.6) is 5.75 Å². The summed E-state index contributed by atoms with van der Waals surface area (Å²) in [7, 11) is 1.58. The molecule has 2 aromatic heterocycles. The SMILES string of the molecule is COc1ccc(-c2cc3c(=O)[nH]nc(CC(=O)Nc4ccc(F)cc4)n3n2)cc1. The Morgan fingerprint density at radius 1 is 1.17 bits per heavy atom. The van der Waals surface area contributed by atoms with E-state index in [1.807, 2.05) is 12.1 Å². The molecular formula is C20H16FN5O3. The fourth-order valence-corrected chi connectivity index (χ4v) is 2.86. The molecule has 4 rings (SSSR count). The lowest BCUT2D eigenvalue weighted by molar-refractivity contribution is -0.115. The molecule has 0 saturated carbocycles. The van der Waals surface area contributed by atoms with Gasteiger partial charge < -0.3 is 10.1 Å². The molecule has 1 amide bonds. The van der Waals surface area contributed by atoms with Crippen molar-refractivity contribution < 1.29 is 13.9 Å². The molecule has 9 heteroatoms. The van der Waals surface area contributed by atoms with Crippen molar-refractivity contribution in [2.45, 2.75) is 6.42 Å². The van der Waals surface area contributed by atoms with Gasteiger partial charge in [-0.15, -0.1) is 0 Å². The number of aromatic amines is 1. The van der Waals surface area contributed by atoms with Crippen molar-refractivity contribution in [3.05, 3.63) is 76.6 Å². The predicted octanol–water partition coefficient (Wildman–Crippen LogP) is 2.41. The first kappa shape index (κ1) is 18.4. The minimum atomic E-state index is -0.417. The first-order valence-electron chi connectivity index (χ1n) is 8.70. The molecule has 146 valence electrons. The van der Waals surface area contributed by atoms with E-state index < -0.39 is 11.4 Å². The third kappa shape index (κ3) is 3.84. The summed E-state index contributed by atoms with van der Waals surface area (Å²) in [4.78, 5) is 24.5. The van der Waals surface area contributed by atoms with E-state index in [4.69, 9.17) is 4.74 Å². The van der Waals surface area contributed by atoms with Crippen molar-refractivity contribution in [1.82, 2.24) is 19.8 Å². The Labute approximate surface area is 164 Å². The molecule has 0 atom stereocenters. The minimum absolute atomic E-state index is 0.131. The van der Waals surface area contributed by atoms with Gasteiger partial charge in [0, 0.05) is 11.3 Å². The number of rotatable bonds is 5. The number of amides is 1. The Balaban J connectivity index is 1.63. The highest BCUT2D eigenvalue weighted by molar-refractivity contribution is 5.91. The van der Waals surface area contributed by atoms with E-state index in [1.54, 1.807) is 25.3 Å². The third-order valence-corrected chi connectivity index (χ3v) is 4.31. The number of anilines is 1. The number of nitrogens with zero attached hydrogens (tertiary/aromatic N) is 3. The van der Waals surface area contributed by atoms with E-state index in [-0.39, 0.29) is 23.7 Å². The van der Waals surface area contributed by atoms with Gasteiger partial charge in [0.05, 0.1) is 19.2 Å². The van der Waals surface area contributed by atoms with Gasteiger partial charge >= 0.3 is 0 Å². The largest absolute Gasteiger partial charge is 0.497 e. The average Bonchev–Trinajstić information content (AvgIpc) is 3.18. The predicted molar refractivity (Wildman–Crippen MR) is 104 cm³/mol. The van der Waals surface area contributed by atoms with Crippen LogP contribution < -0.4 is 15.6 Å². The topological polar surface area (TPSA) is 101 Å². The van der Waals surface area contributed by atoms with E-state index in [2.05, 4.69) is 20.6 Å². The first-order valence-corrected chi connectivity index (χ1v) is 8.70. The van der Waals surface area contributed by atoms with Crippen molar-refractivity contribution in [3.8, 4) is 17.0 Å². The quantitative estimate of drug-likeness (QED) is 0.542. The molecule has 0 aliphatic carbocycles. The molecule has 0 saturated heterocycles. The van der Waals surface area contributed by atoms with Gasteiger partial charge in [-0.05, 0) is 54.6 Å². The molecule has 0 bridgehead atoms. The number of ether oxygens (including phenoxy) is 1. The third-order valence-electron chi connectivity index (χ3n) is 4.31. The molecule has 4 aromatic rings. The molecule has 0 radical (unpaired) electrons. The highest BCUT2D eigenvalue weighted by atomic mass is 19.1. The summed E-state index contributed by atoms with van der Waals surface area (Å²) in [6.07, 6.45) is -0.131. The van der Waals surface area contributed by atoms with Gasteiger partial charge in [0.1, 0.15) is 17.1 Å². The number of carbonyl (C=O) groups is 1. The van der Waals surface area contributed by atoms with Crippen LogP contribution in [0.4, 0.5) is 10.1 Å². The van der Waals surface area contributed by atoms with Crippen LogP contribution in [0.3, 0.4) is 0 Å². The van der Waals surface area contributed by atoms with E-state index in [1.165, 1.54) is 28.8 Å². The number of nitrogens with one attached hydrogen (secondary N) is 2. The number of carbonyl (C=O) groups excluding carboxylic acids is 1. The second kappa shape index (κ2) is 7.55. The van der Waals surface area contributed by atoms with Gasteiger partial charge in [-0.3, -0.25) is 9.59 Å². The summed E-state index contributed by atoms with van der Waals surface area (Å²) in [6.45, 7) is 0. The van der Waals surface area contributed by atoms with Crippen LogP contribution in [0.1, 0.15) is 5.82 Å². The smallest absolute Gasteiger partial charge is 0.290 e. The maximum absolute atomic E-state index is 13.0. The van der Waals surface area contributed by atoms with Gasteiger partial charge in [-0.25, -0.2) is 14.0 Å². The second-order valence-corrected chi connectivity index (χ2v) is 6.26. The summed E-state index contributed by atoms with van der Waals surface area (Å²) in [6, 6.07) is 14.3. The van der Waals surface area contributed by atoms with Crippen LogP contribution >= 0.6 is 0 Å². The zero-order chi connectivity index (χ0) is 20.4. The summed E-state index contributed by atoms with van der Waals surface area (Å²) in [5, 5.41) is 13.4. The minimum Gasteiger partial charge on any atom is -0.497 e. The Morgan fingerprint density at radius 3 is 2.59 bits per heavy atom. The summed E-state index contributed by atoms with van der Waals surface area (Å²) >= 11 is 0. The van der Waals surface area contributed by atoms with Crippen molar-refractivity contribution in [2.75, 3.05) is 12.4 Å². The van der Waals surface area contributed by atoms with Crippen molar-refractivity contribution in [3.63, 3.8) is 0 Å². The van der Waals surface area contributed by atoms with Crippen LogP contribution in [-0.4, -0.2) is 32.8 Å². The molecule has 2 aromatic carbocycles. The number of fused-ring (bicyclic) bond motifs is 1. The standard InChI is InChI=1S/C20H16FN5O3/c1-29-15-8-2-12(3-9-15)16-10-17-20(28)24-23-18(26(17)25-16)11-19(27)22-14-6-4-13(21)5-7-14/h2-10H,11H2,1H3,(H,22,27)(H,24,28).